The molecule has 106 valence electrons. The van der Waals surface area contributed by atoms with E-state index >= 15 is 0 Å². The van der Waals surface area contributed by atoms with Crippen molar-refractivity contribution in [2.75, 3.05) is 17.2 Å². The molecule has 0 spiro atoms. The van der Waals surface area contributed by atoms with E-state index < -0.39 is 0 Å². The molecule has 1 heterocycles. The molecular weight excluding hydrogens is 248 g/mol. The van der Waals surface area contributed by atoms with Crippen LogP contribution in [0.15, 0.2) is 36.7 Å². The van der Waals surface area contributed by atoms with E-state index in [-0.39, 0.29) is 0 Å². The van der Waals surface area contributed by atoms with E-state index in [1.165, 1.54) is 5.56 Å². The van der Waals surface area contributed by atoms with Crippen LogP contribution in [-0.4, -0.2) is 16.5 Å². The summed E-state index contributed by atoms with van der Waals surface area (Å²) in [4.78, 5) is 8.46. The van der Waals surface area contributed by atoms with E-state index in [9.17, 15) is 0 Å². The van der Waals surface area contributed by atoms with Crippen LogP contribution in [-0.2, 0) is 6.42 Å². The minimum absolute atomic E-state index is 0.586. The van der Waals surface area contributed by atoms with Crippen LogP contribution in [0, 0.1) is 5.92 Å². The molecule has 0 amide bonds. The molecule has 0 saturated carbocycles. The molecule has 4 nitrogen and oxygen atoms in total. The van der Waals surface area contributed by atoms with Gasteiger partial charge in [-0.1, -0.05) is 32.9 Å². The van der Waals surface area contributed by atoms with Crippen molar-refractivity contribution in [3.63, 3.8) is 0 Å². The maximum Gasteiger partial charge on any atom is 0.135 e. The fraction of sp³-hybridized carbons (Fsp3) is 0.375. The first-order valence-electron chi connectivity index (χ1n) is 7.09. The summed E-state index contributed by atoms with van der Waals surface area (Å²) in [5.74, 6) is 2.24. The molecule has 0 aliphatic heterocycles. The van der Waals surface area contributed by atoms with Crippen LogP contribution in [0.2, 0.25) is 0 Å². The van der Waals surface area contributed by atoms with Crippen LogP contribution < -0.4 is 10.6 Å². The van der Waals surface area contributed by atoms with Crippen LogP contribution in [0.25, 0.3) is 0 Å². The molecule has 1 aromatic heterocycles. The van der Waals surface area contributed by atoms with Crippen molar-refractivity contribution in [3.05, 3.63) is 42.2 Å². The lowest BCUT2D eigenvalue weighted by atomic mass is 10.1. The van der Waals surface area contributed by atoms with E-state index in [1.54, 1.807) is 6.33 Å². The number of nitrogens with zero attached hydrogens (tertiary/aromatic N) is 2. The summed E-state index contributed by atoms with van der Waals surface area (Å²) >= 11 is 0. The van der Waals surface area contributed by atoms with Gasteiger partial charge in [-0.05, 0) is 30.0 Å². The molecule has 2 aromatic rings. The van der Waals surface area contributed by atoms with Crippen LogP contribution >= 0.6 is 0 Å². The normalized spacial score (nSPS) is 10.6. The third-order valence-electron chi connectivity index (χ3n) is 2.99. The zero-order chi connectivity index (χ0) is 14.4. The zero-order valence-corrected chi connectivity index (χ0v) is 12.4. The SMILES string of the molecule is CCc1ccc(Nc2cc(NCC(C)C)ncn2)cc1. The summed E-state index contributed by atoms with van der Waals surface area (Å²) in [5.41, 5.74) is 2.37. The predicted molar refractivity (Wildman–Crippen MR) is 84.5 cm³/mol. The van der Waals surface area contributed by atoms with Crippen molar-refractivity contribution in [2.24, 2.45) is 5.92 Å². The number of benzene rings is 1. The highest BCUT2D eigenvalue weighted by molar-refractivity contribution is 5.59. The summed E-state index contributed by atoms with van der Waals surface area (Å²) in [7, 11) is 0. The van der Waals surface area contributed by atoms with Crippen LogP contribution in [0.5, 0.6) is 0 Å². The van der Waals surface area contributed by atoms with Gasteiger partial charge < -0.3 is 10.6 Å². The summed E-state index contributed by atoms with van der Waals surface area (Å²) in [5, 5.41) is 6.59. The van der Waals surface area contributed by atoms with Gasteiger partial charge in [0, 0.05) is 18.3 Å². The lowest BCUT2D eigenvalue weighted by molar-refractivity contribution is 0.687. The van der Waals surface area contributed by atoms with E-state index in [0.29, 0.717) is 5.92 Å². The van der Waals surface area contributed by atoms with Gasteiger partial charge in [-0.3, -0.25) is 0 Å². The zero-order valence-electron chi connectivity index (χ0n) is 12.4. The van der Waals surface area contributed by atoms with Crippen molar-refractivity contribution in [1.29, 1.82) is 0 Å². The molecule has 4 heteroatoms. The number of nitrogens with one attached hydrogen (secondary N) is 2. The summed E-state index contributed by atoms with van der Waals surface area (Å²) in [6.07, 6.45) is 2.63. The Kier molecular flexibility index (Phi) is 4.93. The van der Waals surface area contributed by atoms with Crippen molar-refractivity contribution in [2.45, 2.75) is 27.2 Å². The standard InChI is InChI=1S/C16H22N4/c1-4-13-5-7-14(8-6-13)20-16-9-15(18-11-19-16)17-10-12(2)3/h5-9,11-12H,4,10H2,1-3H3,(H2,17,18,19,20). The third-order valence-corrected chi connectivity index (χ3v) is 2.99. The molecule has 0 aliphatic rings. The fourth-order valence-corrected chi connectivity index (χ4v) is 1.80. The minimum atomic E-state index is 0.586. The van der Waals surface area contributed by atoms with Crippen molar-refractivity contribution in [3.8, 4) is 0 Å². The van der Waals surface area contributed by atoms with E-state index in [0.717, 1.165) is 30.3 Å². The minimum Gasteiger partial charge on any atom is -0.370 e. The van der Waals surface area contributed by atoms with Gasteiger partial charge in [-0.15, -0.1) is 0 Å². The van der Waals surface area contributed by atoms with Gasteiger partial charge in [0.05, 0.1) is 0 Å². The number of hydrogen-bond acceptors (Lipinski definition) is 4. The number of hydrogen-bond donors (Lipinski definition) is 2. The molecule has 0 aliphatic carbocycles. The molecule has 0 saturated heterocycles. The first-order chi connectivity index (χ1) is 9.67. The third kappa shape index (κ3) is 4.23. The van der Waals surface area contributed by atoms with Gasteiger partial charge in [0.15, 0.2) is 0 Å². The lowest BCUT2D eigenvalue weighted by Gasteiger charge is -2.10. The Balaban J connectivity index is 2.02. The summed E-state index contributed by atoms with van der Waals surface area (Å²) in [6, 6.07) is 10.3. The van der Waals surface area contributed by atoms with Gasteiger partial charge in [0.2, 0.25) is 0 Å². The predicted octanol–water partition coefficient (Wildman–Crippen LogP) is 3.85. The Bertz CT molecular complexity index is 534. The van der Waals surface area contributed by atoms with E-state index in [1.807, 2.05) is 6.07 Å². The highest BCUT2D eigenvalue weighted by Gasteiger charge is 2.00. The maximum atomic E-state index is 4.24. The Morgan fingerprint density at radius 3 is 2.40 bits per heavy atom. The first-order valence-corrected chi connectivity index (χ1v) is 7.09. The number of rotatable bonds is 6. The lowest BCUT2D eigenvalue weighted by Crippen LogP contribution is -2.09. The summed E-state index contributed by atoms with van der Waals surface area (Å²) < 4.78 is 0. The summed E-state index contributed by atoms with van der Waals surface area (Å²) in [6.45, 7) is 7.40. The molecule has 2 N–H and O–H groups in total. The molecule has 0 unspecified atom stereocenters. The highest BCUT2D eigenvalue weighted by Crippen LogP contribution is 2.17. The average Bonchev–Trinajstić information content (AvgIpc) is 2.46. The van der Waals surface area contributed by atoms with Gasteiger partial charge in [-0.25, -0.2) is 9.97 Å². The Morgan fingerprint density at radius 2 is 1.75 bits per heavy atom. The quantitative estimate of drug-likeness (QED) is 0.837. The van der Waals surface area contributed by atoms with Gasteiger partial charge >= 0.3 is 0 Å². The second kappa shape index (κ2) is 6.89. The number of anilines is 3. The Morgan fingerprint density at radius 1 is 1.05 bits per heavy atom. The monoisotopic (exact) mass is 270 g/mol. The molecule has 0 atom stereocenters. The maximum absolute atomic E-state index is 4.24. The van der Waals surface area contributed by atoms with Crippen LogP contribution in [0.3, 0.4) is 0 Å². The molecular formula is C16H22N4. The Labute approximate surface area is 120 Å². The molecule has 1 aromatic carbocycles. The van der Waals surface area contributed by atoms with Crippen molar-refractivity contribution < 1.29 is 0 Å². The molecule has 0 fully saturated rings. The molecule has 0 radical (unpaired) electrons. The second-order valence-electron chi connectivity index (χ2n) is 5.24. The van der Waals surface area contributed by atoms with Crippen molar-refractivity contribution in [1.82, 2.24) is 9.97 Å². The van der Waals surface area contributed by atoms with Crippen LogP contribution in [0.1, 0.15) is 26.3 Å². The highest BCUT2D eigenvalue weighted by atomic mass is 15.1. The van der Waals surface area contributed by atoms with Gasteiger partial charge in [0.1, 0.15) is 18.0 Å². The largest absolute Gasteiger partial charge is 0.370 e. The topological polar surface area (TPSA) is 49.8 Å². The number of aromatic nitrogens is 2. The molecule has 20 heavy (non-hydrogen) atoms. The second-order valence-corrected chi connectivity index (χ2v) is 5.24. The van der Waals surface area contributed by atoms with Gasteiger partial charge in [0.25, 0.3) is 0 Å². The molecule has 0 bridgehead atoms. The van der Waals surface area contributed by atoms with E-state index in [2.05, 4.69) is 65.6 Å². The van der Waals surface area contributed by atoms with Gasteiger partial charge in [-0.2, -0.15) is 0 Å². The van der Waals surface area contributed by atoms with E-state index in [4.69, 9.17) is 0 Å². The van der Waals surface area contributed by atoms with Crippen molar-refractivity contribution >= 4 is 17.3 Å². The molecule has 2 rings (SSSR count). The smallest absolute Gasteiger partial charge is 0.135 e. The first kappa shape index (κ1) is 14.3. The Hall–Kier alpha value is -2.10. The number of aryl methyl sites for hydroxylation is 1. The fourth-order valence-electron chi connectivity index (χ4n) is 1.80. The van der Waals surface area contributed by atoms with Crippen LogP contribution in [0.4, 0.5) is 17.3 Å². The average molecular weight is 270 g/mol.